The van der Waals surface area contributed by atoms with Crippen molar-refractivity contribution in [1.82, 2.24) is 10.2 Å². The van der Waals surface area contributed by atoms with Crippen molar-refractivity contribution in [1.29, 1.82) is 0 Å². The van der Waals surface area contributed by atoms with E-state index >= 15 is 0 Å². The number of carbonyl (C=O) groups is 2. The zero-order valence-electron chi connectivity index (χ0n) is 19.6. The van der Waals surface area contributed by atoms with E-state index in [4.69, 9.17) is 11.6 Å². The van der Waals surface area contributed by atoms with Crippen molar-refractivity contribution in [2.75, 3.05) is 23.7 Å². The Hall–Kier alpha value is -2.58. The minimum atomic E-state index is -3.77. The quantitative estimate of drug-likeness (QED) is 0.534. The molecule has 1 saturated carbocycles. The van der Waals surface area contributed by atoms with Gasteiger partial charge in [0.1, 0.15) is 12.6 Å². The van der Waals surface area contributed by atoms with Gasteiger partial charge in [-0.1, -0.05) is 60.8 Å². The molecule has 0 aliphatic heterocycles. The first-order valence-electron chi connectivity index (χ1n) is 11.5. The van der Waals surface area contributed by atoms with Crippen LogP contribution in [0.5, 0.6) is 0 Å². The van der Waals surface area contributed by atoms with Crippen molar-refractivity contribution in [3.8, 4) is 0 Å². The molecule has 3 rings (SSSR count). The van der Waals surface area contributed by atoms with Crippen LogP contribution in [0.3, 0.4) is 0 Å². The molecule has 0 saturated heterocycles. The summed E-state index contributed by atoms with van der Waals surface area (Å²) in [5.41, 5.74) is 1.33. The smallest absolute Gasteiger partial charge is 0.244 e. The van der Waals surface area contributed by atoms with Gasteiger partial charge in [0, 0.05) is 17.6 Å². The molecule has 0 spiro atoms. The average Bonchev–Trinajstić information content (AvgIpc) is 3.30. The number of hydrogen-bond donors (Lipinski definition) is 1. The standard InChI is InChI=1S/C25H32ClN3O4S/c1-19(25(31)27-22-12-6-7-13-22)28(16-15-20-9-4-3-5-10-20)24(30)18-29(34(2,32)33)23-14-8-11-21(26)17-23/h3-5,8-11,14,17,19,22H,6-7,12-13,15-16,18H2,1-2H3,(H,27,31)/t19-/m0/s1. The molecular formula is C25H32ClN3O4S. The predicted molar refractivity (Wildman–Crippen MR) is 135 cm³/mol. The summed E-state index contributed by atoms with van der Waals surface area (Å²) in [6.45, 7) is 1.56. The van der Waals surface area contributed by atoms with Gasteiger partial charge in [0.05, 0.1) is 11.9 Å². The molecule has 1 aliphatic carbocycles. The molecule has 1 N–H and O–H groups in total. The fourth-order valence-corrected chi connectivity index (χ4v) is 5.23. The highest BCUT2D eigenvalue weighted by atomic mass is 35.5. The summed E-state index contributed by atoms with van der Waals surface area (Å²) in [5.74, 6) is -0.669. The minimum Gasteiger partial charge on any atom is -0.352 e. The predicted octanol–water partition coefficient (Wildman–Crippen LogP) is 3.62. The van der Waals surface area contributed by atoms with Crippen LogP contribution in [-0.2, 0) is 26.0 Å². The van der Waals surface area contributed by atoms with E-state index in [9.17, 15) is 18.0 Å². The maximum atomic E-state index is 13.5. The maximum Gasteiger partial charge on any atom is 0.244 e. The zero-order valence-corrected chi connectivity index (χ0v) is 21.2. The van der Waals surface area contributed by atoms with Crippen LogP contribution >= 0.6 is 11.6 Å². The van der Waals surface area contributed by atoms with Crippen LogP contribution in [0.15, 0.2) is 54.6 Å². The molecule has 1 atom stereocenters. The SMILES string of the molecule is C[C@@H](C(=O)NC1CCCC1)N(CCc1ccccc1)C(=O)CN(c1cccc(Cl)c1)S(C)(=O)=O. The van der Waals surface area contributed by atoms with Crippen molar-refractivity contribution >= 4 is 39.1 Å². The Kier molecular flexibility index (Phi) is 8.97. The first kappa shape index (κ1) is 26.0. The number of sulfonamides is 1. The molecule has 0 radical (unpaired) electrons. The van der Waals surface area contributed by atoms with Crippen molar-refractivity contribution in [2.24, 2.45) is 0 Å². The summed E-state index contributed by atoms with van der Waals surface area (Å²) in [7, 11) is -3.77. The summed E-state index contributed by atoms with van der Waals surface area (Å²) >= 11 is 6.06. The van der Waals surface area contributed by atoms with Crippen LogP contribution < -0.4 is 9.62 Å². The summed E-state index contributed by atoms with van der Waals surface area (Å²) in [6, 6.07) is 15.4. The molecule has 0 unspecified atom stereocenters. The number of carbonyl (C=O) groups excluding carboxylic acids is 2. The van der Waals surface area contributed by atoms with Crippen LogP contribution in [0.25, 0.3) is 0 Å². The fraction of sp³-hybridized carbons (Fsp3) is 0.440. The topological polar surface area (TPSA) is 86.8 Å². The lowest BCUT2D eigenvalue weighted by molar-refractivity contribution is -0.139. The number of amides is 2. The number of halogens is 1. The van der Waals surface area contributed by atoms with Crippen LogP contribution in [0.2, 0.25) is 5.02 Å². The number of benzene rings is 2. The van der Waals surface area contributed by atoms with Gasteiger partial charge < -0.3 is 10.2 Å². The molecule has 0 bridgehead atoms. The number of rotatable bonds is 10. The normalized spacial score (nSPS) is 15.0. The maximum absolute atomic E-state index is 13.5. The zero-order chi connectivity index (χ0) is 24.7. The van der Waals surface area contributed by atoms with Gasteiger partial charge in [0.2, 0.25) is 21.8 Å². The molecular weight excluding hydrogens is 474 g/mol. The minimum absolute atomic E-state index is 0.125. The Labute approximate surface area is 207 Å². The first-order valence-corrected chi connectivity index (χ1v) is 13.7. The molecule has 7 nitrogen and oxygen atoms in total. The molecule has 0 aromatic heterocycles. The Balaban J connectivity index is 1.81. The van der Waals surface area contributed by atoms with E-state index in [1.165, 1.54) is 11.0 Å². The van der Waals surface area contributed by atoms with E-state index in [1.54, 1.807) is 25.1 Å². The Morgan fingerprint density at radius 1 is 1.09 bits per heavy atom. The first-order chi connectivity index (χ1) is 16.1. The van der Waals surface area contributed by atoms with Gasteiger partial charge in [-0.2, -0.15) is 0 Å². The van der Waals surface area contributed by atoms with Gasteiger partial charge in [0.15, 0.2) is 0 Å². The number of nitrogens with zero attached hydrogens (tertiary/aromatic N) is 2. The van der Waals surface area contributed by atoms with Gasteiger partial charge >= 0.3 is 0 Å². The summed E-state index contributed by atoms with van der Waals surface area (Å²) in [5, 5.41) is 3.42. The lowest BCUT2D eigenvalue weighted by Crippen LogP contribution is -2.53. The third-order valence-electron chi connectivity index (χ3n) is 6.13. The van der Waals surface area contributed by atoms with Crippen molar-refractivity contribution in [3.05, 3.63) is 65.2 Å². The number of nitrogens with one attached hydrogen (secondary N) is 1. The van der Waals surface area contributed by atoms with E-state index in [1.807, 2.05) is 30.3 Å². The summed E-state index contributed by atoms with van der Waals surface area (Å²) < 4.78 is 26.1. The van der Waals surface area contributed by atoms with Crippen molar-refractivity contribution in [3.63, 3.8) is 0 Å². The third kappa shape index (κ3) is 7.21. The fourth-order valence-electron chi connectivity index (χ4n) is 4.21. The largest absolute Gasteiger partial charge is 0.352 e. The van der Waals surface area contributed by atoms with E-state index in [2.05, 4.69) is 5.32 Å². The number of hydrogen-bond acceptors (Lipinski definition) is 4. The van der Waals surface area contributed by atoms with Crippen molar-refractivity contribution < 1.29 is 18.0 Å². The highest BCUT2D eigenvalue weighted by Gasteiger charge is 2.31. The second-order valence-corrected chi connectivity index (χ2v) is 11.1. The van der Waals surface area contributed by atoms with E-state index < -0.39 is 28.5 Å². The van der Waals surface area contributed by atoms with Gasteiger partial charge in [-0.3, -0.25) is 13.9 Å². The van der Waals surface area contributed by atoms with Crippen molar-refractivity contribution in [2.45, 2.75) is 51.1 Å². The van der Waals surface area contributed by atoms with Gasteiger partial charge in [0.25, 0.3) is 0 Å². The second kappa shape index (κ2) is 11.7. The molecule has 34 heavy (non-hydrogen) atoms. The van der Waals surface area contributed by atoms with Crippen LogP contribution in [-0.4, -0.2) is 56.6 Å². The summed E-state index contributed by atoms with van der Waals surface area (Å²) in [6.07, 6.45) is 5.63. The van der Waals surface area contributed by atoms with Gasteiger partial charge in [-0.25, -0.2) is 8.42 Å². The Morgan fingerprint density at radius 3 is 2.38 bits per heavy atom. The van der Waals surface area contributed by atoms with Gasteiger partial charge in [-0.05, 0) is 49.9 Å². The van der Waals surface area contributed by atoms with E-state index in [-0.39, 0.29) is 18.5 Å². The molecule has 1 aliphatic rings. The third-order valence-corrected chi connectivity index (χ3v) is 7.50. The molecule has 1 fully saturated rings. The van der Waals surface area contributed by atoms with Crippen LogP contribution in [0.4, 0.5) is 5.69 Å². The lowest BCUT2D eigenvalue weighted by atomic mass is 10.1. The summed E-state index contributed by atoms with van der Waals surface area (Å²) in [4.78, 5) is 27.9. The molecule has 2 aromatic rings. The number of anilines is 1. The Bertz CT molecular complexity index is 1090. The lowest BCUT2D eigenvalue weighted by Gasteiger charge is -2.32. The molecule has 0 heterocycles. The molecule has 184 valence electrons. The highest BCUT2D eigenvalue weighted by molar-refractivity contribution is 7.92. The molecule has 2 aromatic carbocycles. The highest BCUT2D eigenvalue weighted by Crippen LogP contribution is 2.22. The van der Waals surface area contributed by atoms with Gasteiger partial charge in [-0.15, -0.1) is 0 Å². The Morgan fingerprint density at radius 2 is 1.76 bits per heavy atom. The van der Waals surface area contributed by atoms with E-state index in [0.29, 0.717) is 17.1 Å². The average molecular weight is 506 g/mol. The van der Waals surface area contributed by atoms with E-state index in [0.717, 1.165) is 41.8 Å². The van der Waals surface area contributed by atoms with Crippen LogP contribution in [0.1, 0.15) is 38.2 Å². The molecule has 2 amide bonds. The monoisotopic (exact) mass is 505 g/mol. The molecule has 9 heteroatoms. The second-order valence-electron chi connectivity index (χ2n) is 8.74. The van der Waals surface area contributed by atoms with Crippen LogP contribution in [0, 0.1) is 0 Å².